The summed E-state index contributed by atoms with van der Waals surface area (Å²) < 4.78 is 1.64. The summed E-state index contributed by atoms with van der Waals surface area (Å²) in [4.78, 5) is 18.8. The Morgan fingerprint density at radius 2 is 1.77 bits per heavy atom. The molecule has 30 heavy (non-hydrogen) atoms. The monoisotopic (exact) mass is 405 g/mol. The molecule has 0 saturated carbocycles. The summed E-state index contributed by atoms with van der Waals surface area (Å²) in [5.74, 6) is 0.280. The predicted octanol–water partition coefficient (Wildman–Crippen LogP) is 4.04. The van der Waals surface area contributed by atoms with Crippen LogP contribution in [0.2, 0.25) is 0 Å². The quantitative estimate of drug-likeness (QED) is 0.711. The SMILES string of the molecule is CC(=O)Nc1cc(N(C(C)C)C(C)C)ccc1N=C1C=N[N+](c2ccccc2)=C1N. The lowest BCUT2D eigenvalue weighted by atomic mass is 10.1. The number of aliphatic imine (C=N–C) groups is 1. The zero-order chi connectivity index (χ0) is 21.8. The highest BCUT2D eigenvalue weighted by Gasteiger charge is 2.24. The molecule has 0 atom stereocenters. The highest BCUT2D eigenvalue weighted by Crippen LogP contribution is 2.32. The summed E-state index contributed by atoms with van der Waals surface area (Å²) in [7, 11) is 0. The van der Waals surface area contributed by atoms with E-state index in [0.29, 0.717) is 35.0 Å². The van der Waals surface area contributed by atoms with Gasteiger partial charge in [0.2, 0.25) is 5.91 Å². The van der Waals surface area contributed by atoms with Crippen molar-refractivity contribution in [1.82, 2.24) is 0 Å². The Kier molecular flexibility index (Phi) is 6.30. The molecule has 1 amide bonds. The highest BCUT2D eigenvalue weighted by molar-refractivity contribution is 6.62. The molecule has 0 spiro atoms. The van der Waals surface area contributed by atoms with Gasteiger partial charge >= 0.3 is 5.84 Å². The van der Waals surface area contributed by atoms with E-state index in [2.05, 4.69) is 48.0 Å². The molecule has 0 saturated heterocycles. The van der Waals surface area contributed by atoms with E-state index in [1.54, 1.807) is 10.9 Å². The molecule has 1 aliphatic rings. The maximum Gasteiger partial charge on any atom is 0.326 e. The first kappa shape index (κ1) is 21.2. The van der Waals surface area contributed by atoms with Crippen molar-refractivity contribution >= 4 is 46.4 Å². The Balaban J connectivity index is 2.02. The molecule has 3 rings (SSSR count). The highest BCUT2D eigenvalue weighted by atomic mass is 16.1. The first-order valence-corrected chi connectivity index (χ1v) is 10.1. The van der Waals surface area contributed by atoms with Gasteiger partial charge in [0.1, 0.15) is 6.21 Å². The van der Waals surface area contributed by atoms with Crippen molar-refractivity contribution in [2.75, 3.05) is 10.2 Å². The van der Waals surface area contributed by atoms with Gasteiger partial charge in [0.15, 0.2) is 11.4 Å². The maximum atomic E-state index is 11.8. The number of hydrogen-bond donors (Lipinski definition) is 2. The van der Waals surface area contributed by atoms with Crippen LogP contribution in [0.1, 0.15) is 34.6 Å². The van der Waals surface area contributed by atoms with Crippen molar-refractivity contribution in [3.63, 3.8) is 0 Å². The van der Waals surface area contributed by atoms with Crippen molar-refractivity contribution in [2.24, 2.45) is 15.8 Å². The number of nitrogens with two attached hydrogens (primary N) is 1. The second kappa shape index (κ2) is 8.90. The van der Waals surface area contributed by atoms with Crippen LogP contribution in [0.25, 0.3) is 0 Å². The normalized spacial score (nSPS) is 14.8. The van der Waals surface area contributed by atoms with Gasteiger partial charge < -0.3 is 10.2 Å². The van der Waals surface area contributed by atoms with E-state index >= 15 is 0 Å². The van der Waals surface area contributed by atoms with Crippen molar-refractivity contribution in [2.45, 2.75) is 46.7 Å². The van der Waals surface area contributed by atoms with Gasteiger partial charge in [-0.25, -0.2) is 4.99 Å². The third-order valence-corrected chi connectivity index (χ3v) is 4.73. The lowest BCUT2D eigenvalue weighted by molar-refractivity contribution is -0.441. The fraction of sp³-hybridized carbons (Fsp3) is 0.304. The Hall–Kier alpha value is -3.48. The van der Waals surface area contributed by atoms with Crippen molar-refractivity contribution < 1.29 is 9.48 Å². The molecule has 0 unspecified atom stereocenters. The zero-order valence-corrected chi connectivity index (χ0v) is 18.1. The molecule has 1 aliphatic heterocycles. The molecule has 156 valence electrons. The average Bonchev–Trinajstić information content (AvgIpc) is 3.04. The first-order valence-electron chi connectivity index (χ1n) is 10.1. The van der Waals surface area contributed by atoms with E-state index in [-0.39, 0.29) is 5.91 Å². The molecule has 0 fully saturated rings. The van der Waals surface area contributed by atoms with Gasteiger partial charge in [-0.2, -0.15) is 0 Å². The molecule has 3 N–H and O–H groups in total. The number of nitrogens with zero attached hydrogens (tertiary/aromatic N) is 4. The van der Waals surface area contributed by atoms with Crippen molar-refractivity contribution in [1.29, 1.82) is 0 Å². The largest absolute Gasteiger partial charge is 0.367 e. The summed E-state index contributed by atoms with van der Waals surface area (Å²) in [5, 5.41) is 7.26. The molecule has 2 aromatic carbocycles. The zero-order valence-electron chi connectivity index (χ0n) is 18.1. The molecule has 0 aromatic heterocycles. The minimum absolute atomic E-state index is 0.155. The molecule has 0 aliphatic carbocycles. The minimum atomic E-state index is -0.155. The summed E-state index contributed by atoms with van der Waals surface area (Å²) >= 11 is 0. The smallest absolute Gasteiger partial charge is 0.326 e. The molecule has 0 bridgehead atoms. The molecular weight excluding hydrogens is 376 g/mol. The fourth-order valence-electron chi connectivity index (χ4n) is 3.60. The van der Waals surface area contributed by atoms with Crippen molar-refractivity contribution in [3.8, 4) is 0 Å². The topological polar surface area (TPSA) is 86.1 Å². The molecule has 7 heteroatoms. The van der Waals surface area contributed by atoms with Gasteiger partial charge in [-0.1, -0.05) is 28.0 Å². The van der Waals surface area contributed by atoms with Crippen LogP contribution in [0.5, 0.6) is 0 Å². The number of amides is 1. The molecule has 7 nitrogen and oxygen atoms in total. The van der Waals surface area contributed by atoms with E-state index in [1.165, 1.54) is 6.92 Å². The minimum Gasteiger partial charge on any atom is -0.367 e. The summed E-state index contributed by atoms with van der Waals surface area (Å²) in [6, 6.07) is 16.2. The van der Waals surface area contributed by atoms with Crippen LogP contribution in [0.15, 0.2) is 58.6 Å². The lowest BCUT2D eigenvalue weighted by Crippen LogP contribution is -2.37. The van der Waals surface area contributed by atoms with E-state index in [4.69, 9.17) is 5.73 Å². The first-order chi connectivity index (χ1) is 14.3. The van der Waals surface area contributed by atoms with Gasteiger partial charge in [0, 0.05) is 24.7 Å². The number of carbonyl (C=O) groups excluding carboxylic acids is 1. The summed E-state index contributed by atoms with van der Waals surface area (Å²) in [5.41, 5.74) is 9.99. The van der Waals surface area contributed by atoms with Crippen molar-refractivity contribution in [3.05, 3.63) is 48.5 Å². The molecule has 2 aromatic rings. The van der Waals surface area contributed by atoms with Crippen LogP contribution in [-0.4, -0.2) is 40.4 Å². The third kappa shape index (κ3) is 4.56. The van der Waals surface area contributed by atoms with Gasteiger partial charge in [-0.15, -0.1) is 0 Å². The second-order valence-electron chi connectivity index (χ2n) is 7.75. The van der Waals surface area contributed by atoms with Crippen LogP contribution in [-0.2, 0) is 4.79 Å². The number of anilines is 2. The number of nitrogens with one attached hydrogen (secondary N) is 1. The van der Waals surface area contributed by atoms with Gasteiger partial charge in [-0.3, -0.25) is 10.5 Å². The van der Waals surface area contributed by atoms with Crippen LogP contribution < -0.4 is 16.0 Å². The van der Waals surface area contributed by atoms with E-state index in [0.717, 1.165) is 11.4 Å². The third-order valence-electron chi connectivity index (χ3n) is 4.73. The Morgan fingerprint density at radius 3 is 2.37 bits per heavy atom. The van der Waals surface area contributed by atoms with E-state index < -0.39 is 0 Å². The predicted molar refractivity (Wildman–Crippen MR) is 125 cm³/mol. The molecule has 1 heterocycles. The van der Waals surface area contributed by atoms with Crippen LogP contribution in [0.3, 0.4) is 0 Å². The average molecular weight is 406 g/mol. The number of hydrogen-bond acceptors (Lipinski definition) is 5. The summed E-state index contributed by atoms with van der Waals surface area (Å²) in [6.45, 7) is 10.1. The van der Waals surface area contributed by atoms with Gasteiger partial charge in [-0.05, 0) is 58.0 Å². The Bertz CT molecular complexity index is 1010. The molecule has 0 radical (unpaired) electrons. The number of carbonyl (C=O) groups is 1. The number of hydrazone groups is 1. The number of rotatable bonds is 6. The number of benzene rings is 2. The Labute approximate surface area is 177 Å². The van der Waals surface area contributed by atoms with E-state index in [9.17, 15) is 4.79 Å². The van der Waals surface area contributed by atoms with Gasteiger partial charge in [0.25, 0.3) is 0 Å². The van der Waals surface area contributed by atoms with E-state index in [1.807, 2.05) is 48.5 Å². The maximum absolute atomic E-state index is 11.8. The number of amidine groups is 1. The Morgan fingerprint density at radius 1 is 1.10 bits per heavy atom. The molecular formula is C23H29N6O+. The lowest BCUT2D eigenvalue weighted by Gasteiger charge is -2.33. The van der Waals surface area contributed by atoms with Crippen LogP contribution in [0, 0.1) is 0 Å². The standard InChI is InChI=1S/C23H28N6O/c1-15(2)28(16(3)4)19-11-12-20(21(13-19)26-17(5)30)27-22-14-25-29(23(22)24)18-9-7-6-8-10-18/h6-16H,1-5H3,(H2,24,25,26,30)/p+1. The summed E-state index contributed by atoms with van der Waals surface area (Å²) in [6.07, 6.45) is 1.63. The van der Waals surface area contributed by atoms with Gasteiger partial charge in [0.05, 0.1) is 11.4 Å². The second-order valence-corrected chi connectivity index (χ2v) is 7.75. The van der Waals surface area contributed by atoms with Crippen LogP contribution in [0.4, 0.5) is 22.7 Å². The number of para-hydroxylation sites is 1. The van der Waals surface area contributed by atoms with Crippen LogP contribution >= 0.6 is 0 Å². The fourth-order valence-corrected chi connectivity index (χ4v) is 3.60.